The van der Waals surface area contributed by atoms with E-state index in [0.29, 0.717) is 17.6 Å². The van der Waals surface area contributed by atoms with Gasteiger partial charge in [-0.25, -0.2) is 4.98 Å². The molecule has 11 rings (SSSR count). The molecular formula is C45H26N4OS. The summed E-state index contributed by atoms with van der Waals surface area (Å²) < 4.78 is 11.3. The summed E-state index contributed by atoms with van der Waals surface area (Å²) in [7, 11) is 0. The zero-order valence-electron chi connectivity index (χ0n) is 27.1. The Morgan fingerprint density at radius 2 is 1.04 bits per heavy atom. The van der Waals surface area contributed by atoms with Gasteiger partial charge in [-0.05, 0) is 53.6 Å². The van der Waals surface area contributed by atoms with Gasteiger partial charge in [0.15, 0.2) is 11.6 Å². The largest absolute Gasteiger partial charge is 0.456 e. The minimum atomic E-state index is 0.566. The van der Waals surface area contributed by atoms with E-state index in [2.05, 4.69) is 114 Å². The first kappa shape index (κ1) is 28.2. The molecule has 0 fully saturated rings. The van der Waals surface area contributed by atoms with Crippen LogP contribution in [0, 0.1) is 0 Å². The molecule has 0 spiro atoms. The van der Waals surface area contributed by atoms with E-state index in [-0.39, 0.29) is 0 Å². The lowest BCUT2D eigenvalue weighted by atomic mass is 9.96. The van der Waals surface area contributed by atoms with Gasteiger partial charge in [0.25, 0.3) is 0 Å². The number of aromatic nitrogens is 4. The highest BCUT2D eigenvalue weighted by Gasteiger charge is 2.22. The third kappa shape index (κ3) is 4.30. The van der Waals surface area contributed by atoms with Crippen LogP contribution in [0.5, 0.6) is 0 Å². The van der Waals surface area contributed by atoms with Crippen molar-refractivity contribution in [1.82, 2.24) is 19.5 Å². The number of rotatable bonds is 4. The highest BCUT2D eigenvalue weighted by atomic mass is 32.1. The van der Waals surface area contributed by atoms with Crippen LogP contribution in [-0.2, 0) is 0 Å². The molecule has 4 aromatic heterocycles. The van der Waals surface area contributed by atoms with Crippen molar-refractivity contribution in [3.63, 3.8) is 0 Å². The molecule has 11 aromatic rings. The Labute approximate surface area is 295 Å². The highest BCUT2D eigenvalue weighted by Crippen LogP contribution is 2.43. The van der Waals surface area contributed by atoms with Crippen molar-refractivity contribution in [3.8, 4) is 39.9 Å². The summed E-state index contributed by atoms with van der Waals surface area (Å²) >= 11 is 1.83. The lowest BCUT2D eigenvalue weighted by Crippen LogP contribution is -2.06. The van der Waals surface area contributed by atoms with Crippen molar-refractivity contribution >= 4 is 75.3 Å². The fourth-order valence-electron chi connectivity index (χ4n) is 7.63. The second-order valence-corrected chi connectivity index (χ2v) is 13.9. The molecule has 5 nitrogen and oxygen atoms in total. The van der Waals surface area contributed by atoms with Crippen LogP contribution < -0.4 is 0 Å². The predicted octanol–water partition coefficient (Wildman–Crippen LogP) is 12.2. The van der Waals surface area contributed by atoms with Gasteiger partial charge in [0.05, 0.1) is 11.0 Å². The van der Waals surface area contributed by atoms with Gasteiger partial charge >= 0.3 is 0 Å². The van der Waals surface area contributed by atoms with E-state index in [1.807, 2.05) is 59.9 Å². The van der Waals surface area contributed by atoms with Crippen LogP contribution in [0.2, 0.25) is 0 Å². The summed E-state index contributed by atoms with van der Waals surface area (Å²) in [6, 6.07) is 54.9. The summed E-state index contributed by atoms with van der Waals surface area (Å²) in [5.41, 5.74) is 7.76. The molecule has 0 aliphatic rings. The monoisotopic (exact) mass is 670 g/mol. The van der Waals surface area contributed by atoms with E-state index in [0.717, 1.165) is 66.0 Å². The molecule has 0 amide bonds. The third-order valence-electron chi connectivity index (χ3n) is 9.89. The van der Waals surface area contributed by atoms with E-state index in [1.165, 1.54) is 20.2 Å². The molecule has 0 radical (unpaired) electrons. The molecule has 0 saturated carbocycles. The topological polar surface area (TPSA) is 56.7 Å². The lowest BCUT2D eigenvalue weighted by Gasteiger charge is -2.12. The van der Waals surface area contributed by atoms with Crippen LogP contribution in [0.15, 0.2) is 162 Å². The molecule has 0 saturated heterocycles. The molecule has 0 aliphatic carbocycles. The number of nitrogens with zero attached hydrogens (tertiary/aromatic N) is 4. The van der Waals surface area contributed by atoms with Crippen LogP contribution in [0.3, 0.4) is 0 Å². The fraction of sp³-hybridized carbons (Fsp3) is 0. The van der Waals surface area contributed by atoms with E-state index in [4.69, 9.17) is 19.4 Å². The predicted molar refractivity (Wildman–Crippen MR) is 211 cm³/mol. The summed E-state index contributed by atoms with van der Waals surface area (Å²) in [6.07, 6.45) is 0. The maximum Gasteiger partial charge on any atom is 0.238 e. The fourth-order valence-corrected chi connectivity index (χ4v) is 8.71. The van der Waals surface area contributed by atoms with Crippen LogP contribution in [0.1, 0.15) is 0 Å². The molecule has 0 N–H and O–H groups in total. The molecular weight excluding hydrogens is 645 g/mol. The second kappa shape index (κ2) is 10.9. The van der Waals surface area contributed by atoms with Crippen molar-refractivity contribution in [3.05, 3.63) is 158 Å². The number of furan rings is 1. The van der Waals surface area contributed by atoms with E-state index in [1.54, 1.807) is 0 Å². The average molecular weight is 671 g/mol. The number of hydrogen-bond donors (Lipinski definition) is 0. The van der Waals surface area contributed by atoms with Gasteiger partial charge in [-0.15, -0.1) is 11.3 Å². The van der Waals surface area contributed by atoms with Gasteiger partial charge in [-0.1, -0.05) is 115 Å². The first-order valence-electron chi connectivity index (χ1n) is 16.9. The van der Waals surface area contributed by atoms with Crippen LogP contribution in [-0.4, -0.2) is 19.5 Å². The molecule has 4 heterocycles. The first-order chi connectivity index (χ1) is 25.3. The van der Waals surface area contributed by atoms with Crippen molar-refractivity contribution < 1.29 is 4.42 Å². The Balaban J connectivity index is 1.20. The van der Waals surface area contributed by atoms with Crippen molar-refractivity contribution in [2.75, 3.05) is 0 Å². The molecule has 6 heteroatoms. The Morgan fingerprint density at radius 3 is 1.80 bits per heavy atom. The van der Waals surface area contributed by atoms with Crippen molar-refractivity contribution in [2.24, 2.45) is 0 Å². The summed E-state index contributed by atoms with van der Waals surface area (Å²) in [5.74, 6) is 1.76. The number of para-hydroxylation sites is 2. The van der Waals surface area contributed by atoms with Crippen LogP contribution in [0.25, 0.3) is 104 Å². The van der Waals surface area contributed by atoms with Gasteiger partial charge in [0.1, 0.15) is 11.2 Å². The molecule has 0 aliphatic heterocycles. The zero-order valence-corrected chi connectivity index (χ0v) is 27.9. The average Bonchev–Trinajstić information content (AvgIpc) is 3.87. The Hall–Kier alpha value is -6.63. The molecule has 0 unspecified atom stereocenters. The summed E-state index contributed by atoms with van der Waals surface area (Å²) in [5, 5.41) is 6.87. The van der Waals surface area contributed by atoms with E-state index in [9.17, 15) is 0 Å². The van der Waals surface area contributed by atoms with Gasteiger partial charge in [-0.3, -0.25) is 4.57 Å². The number of hydrogen-bond acceptors (Lipinski definition) is 5. The maximum absolute atomic E-state index is 6.58. The molecule has 0 atom stereocenters. The summed E-state index contributed by atoms with van der Waals surface area (Å²) in [6.45, 7) is 0. The molecule has 7 aromatic carbocycles. The van der Waals surface area contributed by atoms with E-state index >= 15 is 0 Å². The Bertz CT molecular complexity index is 3100. The SMILES string of the molecule is c1ccc(-c2nc(-c3cccc4oc5cccc(-c6ccc7sc8ccccc8c7c6)c5c34)nc(-n3c4ccccc4c4ccccc43)n2)cc1. The van der Waals surface area contributed by atoms with Crippen molar-refractivity contribution in [2.45, 2.75) is 0 Å². The van der Waals surface area contributed by atoms with Crippen molar-refractivity contribution in [1.29, 1.82) is 0 Å². The second-order valence-electron chi connectivity index (χ2n) is 12.8. The molecule has 0 bridgehead atoms. The maximum atomic E-state index is 6.58. The third-order valence-corrected chi connectivity index (χ3v) is 11.0. The van der Waals surface area contributed by atoms with E-state index < -0.39 is 0 Å². The number of thiophene rings is 1. The number of benzene rings is 7. The normalized spacial score (nSPS) is 11.9. The Kier molecular flexibility index (Phi) is 6.05. The smallest absolute Gasteiger partial charge is 0.238 e. The standard InChI is InChI=1S/C45H26N4OS/c1-2-12-27(13-3-1)43-46-44(48-45(47-43)49-35-19-7-4-14-30(35)31-15-5-8-20-36(31)49)33-18-11-22-38-42(33)41-29(17-10-21-37(41)50-38)28-24-25-40-34(26-28)32-16-6-9-23-39(32)51-40/h1-26H. The van der Waals surface area contributed by atoms with Gasteiger partial charge in [0, 0.05) is 52.8 Å². The van der Waals surface area contributed by atoms with Crippen LogP contribution >= 0.6 is 11.3 Å². The van der Waals surface area contributed by atoms with Gasteiger partial charge in [0.2, 0.25) is 5.95 Å². The zero-order chi connectivity index (χ0) is 33.5. The first-order valence-corrected chi connectivity index (χ1v) is 17.8. The highest BCUT2D eigenvalue weighted by molar-refractivity contribution is 7.25. The summed E-state index contributed by atoms with van der Waals surface area (Å²) in [4.78, 5) is 15.6. The van der Waals surface area contributed by atoms with Crippen LogP contribution in [0.4, 0.5) is 0 Å². The van der Waals surface area contributed by atoms with Gasteiger partial charge in [-0.2, -0.15) is 9.97 Å². The molecule has 51 heavy (non-hydrogen) atoms. The number of fused-ring (bicyclic) bond motifs is 9. The minimum Gasteiger partial charge on any atom is -0.456 e. The molecule has 238 valence electrons. The van der Waals surface area contributed by atoms with Gasteiger partial charge < -0.3 is 4.42 Å². The quantitative estimate of drug-likeness (QED) is 0.187. The lowest BCUT2D eigenvalue weighted by molar-refractivity contribution is 0.669. The minimum absolute atomic E-state index is 0.566. The Morgan fingerprint density at radius 1 is 0.431 bits per heavy atom.